The lowest BCUT2D eigenvalue weighted by molar-refractivity contribution is -0.128. The van der Waals surface area contributed by atoms with Crippen molar-refractivity contribution < 1.29 is 9.90 Å². The molecular weight excluding hydrogens is 450 g/mol. The van der Waals surface area contributed by atoms with Crippen LogP contribution in [-0.2, 0) is 4.79 Å². The lowest BCUT2D eigenvalue weighted by Crippen LogP contribution is -2.50. The molecule has 1 aliphatic heterocycles. The summed E-state index contributed by atoms with van der Waals surface area (Å²) in [4.78, 5) is 23.2. The summed E-state index contributed by atoms with van der Waals surface area (Å²) in [6.45, 7) is 13.2. The molecule has 7 heteroatoms. The normalized spacial score (nSPS) is 19.8. The van der Waals surface area contributed by atoms with Crippen molar-refractivity contribution in [2.45, 2.75) is 78.2 Å². The van der Waals surface area contributed by atoms with Crippen LogP contribution in [0.15, 0.2) is 24.4 Å². The van der Waals surface area contributed by atoms with Gasteiger partial charge in [-0.1, -0.05) is 19.1 Å². The molecule has 36 heavy (non-hydrogen) atoms. The maximum Gasteiger partial charge on any atom is 0.225 e. The molecule has 2 aromatic heterocycles. The van der Waals surface area contributed by atoms with Gasteiger partial charge in [0.05, 0.1) is 16.3 Å². The first-order chi connectivity index (χ1) is 17.1. The second kappa shape index (κ2) is 10.4. The summed E-state index contributed by atoms with van der Waals surface area (Å²) in [5, 5.41) is 15.6. The smallest absolute Gasteiger partial charge is 0.225 e. The van der Waals surface area contributed by atoms with Crippen molar-refractivity contribution in [1.29, 1.82) is 0 Å². The van der Waals surface area contributed by atoms with Gasteiger partial charge in [0.15, 0.2) is 0 Å². The summed E-state index contributed by atoms with van der Waals surface area (Å²) < 4.78 is 0. The van der Waals surface area contributed by atoms with Crippen molar-refractivity contribution in [3.05, 3.63) is 35.5 Å². The second-order valence-electron chi connectivity index (χ2n) is 11.6. The van der Waals surface area contributed by atoms with Gasteiger partial charge in [-0.15, -0.1) is 0 Å². The molecule has 3 aromatic rings. The van der Waals surface area contributed by atoms with Gasteiger partial charge in [0, 0.05) is 42.3 Å². The number of hydrogen-bond donors (Lipinski definition) is 4. The number of aromatic amines is 1. The van der Waals surface area contributed by atoms with E-state index in [-0.39, 0.29) is 24.0 Å². The number of aliphatic hydroxyl groups is 1. The number of nitrogens with zero attached hydrogens (tertiary/aromatic N) is 2. The Morgan fingerprint density at radius 2 is 2.11 bits per heavy atom. The van der Waals surface area contributed by atoms with Gasteiger partial charge in [0.1, 0.15) is 5.82 Å². The van der Waals surface area contributed by atoms with E-state index in [0.29, 0.717) is 6.54 Å². The fourth-order valence-corrected chi connectivity index (χ4v) is 5.76. The molecule has 4 rings (SSSR count). The Morgan fingerprint density at radius 1 is 1.33 bits per heavy atom. The molecular formula is C29H43N5O2. The largest absolute Gasteiger partial charge is 0.396 e. The van der Waals surface area contributed by atoms with Gasteiger partial charge in [0.2, 0.25) is 5.91 Å². The maximum absolute atomic E-state index is 12.4. The number of aromatic nitrogens is 2. The predicted octanol–water partition coefficient (Wildman–Crippen LogP) is 4.75. The molecule has 1 fully saturated rings. The fraction of sp³-hybridized carbons (Fsp3) is 0.586. The topological polar surface area (TPSA) is 107 Å². The van der Waals surface area contributed by atoms with Gasteiger partial charge in [-0.05, 0) is 89.5 Å². The summed E-state index contributed by atoms with van der Waals surface area (Å²) in [7, 11) is 0. The van der Waals surface area contributed by atoms with E-state index >= 15 is 0 Å². The van der Waals surface area contributed by atoms with Crippen LogP contribution in [0.25, 0.3) is 21.8 Å². The van der Waals surface area contributed by atoms with E-state index in [2.05, 4.69) is 68.0 Å². The summed E-state index contributed by atoms with van der Waals surface area (Å²) in [5.74, 6) is 0.995. The number of carbonyl (C=O) groups excluding carboxylic acids is 1. The van der Waals surface area contributed by atoms with Crippen LogP contribution < -0.4 is 16.0 Å². The number of hydrogen-bond acceptors (Lipinski definition) is 5. The van der Waals surface area contributed by atoms with Crippen LogP contribution in [-0.4, -0.2) is 52.8 Å². The molecule has 5 N–H and O–H groups in total. The van der Waals surface area contributed by atoms with Crippen LogP contribution in [0.3, 0.4) is 0 Å². The molecule has 1 saturated heterocycles. The lowest BCUT2D eigenvalue weighted by atomic mass is 9.77. The first kappa shape index (κ1) is 26.4. The third kappa shape index (κ3) is 5.23. The van der Waals surface area contributed by atoms with E-state index in [1.54, 1.807) is 0 Å². The van der Waals surface area contributed by atoms with Crippen LogP contribution in [0.2, 0.25) is 0 Å². The van der Waals surface area contributed by atoms with E-state index in [9.17, 15) is 9.90 Å². The highest BCUT2D eigenvalue weighted by molar-refractivity contribution is 6.13. The zero-order valence-corrected chi connectivity index (χ0v) is 22.6. The molecule has 0 saturated carbocycles. The molecule has 0 spiro atoms. The third-order valence-electron chi connectivity index (χ3n) is 7.99. The summed E-state index contributed by atoms with van der Waals surface area (Å²) in [6.07, 6.45) is 6.12. The number of rotatable bonds is 9. The Bertz CT molecular complexity index is 1230. The number of aliphatic hydroxyl groups excluding tert-OH is 1. The molecule has 196 valence electrons. The van der Waals surface area contributed by atoms with Crippen molar-refractivity contribution in [3.8, 4) is 0 Å². The molecule has 1 amide bonds. The minimum absolute atomic E-state index is 0.0736. The Kier molecular flexibility index (Phi) is 7.62. The Hall–Kier alpha value is -2.64. The molecule has 0 radical (unpaired) electrons. The predicted molar refractivity (Wildman–Crippen MR) is 149 cm³/mol. The van der Waals surface area contributed by atoms with E-state index in [1.165, 1.54) is 5.56 Å². The number of anilines is 1. The molecule has 2 atom stereocenters. The number of nitrogens with two attached hydrogens (primary N) is 1. The van der Waals surface area contributed by atoms with Crippen LogP contribution in [0.5, 0.6) is 0 Å². The number of H-pyrrole nitrogens is 1. The SMILES string of the molecule is CCC1(C(N)=O)CCCN(c2ncc(C)c3[nH]c4cc(C(CCO)CCNC(C)(C)C)ccc4c23)C1. The maximum atomic E-state index is 12.4. The van der Waals surface area contributed by atoms with E-state index in [0.717, 1.165) is 78.4 Å². The van der Waals surface area contributed by atoms with Crippen molar-refractivity contribution >= 4 is 33.5 Å². The summed E-state index contributed by atoms with van der Waals surface area (Å²) in [5.41, 5.74) is 9.95. The molecule has 1 aromatic carbocycles. The first-order valence-corrected chi connectivity index (χ1v) is 13.4. The number of carbonyl (C=O) groups is 1. The minimum Gasteiger partial charge on any atom is -0.396 e. The highest BCUT2D eigenvalue weighted by atomic mass is 16.3. The number of benzene rings is 1. The van der Waals surface area contributed by atoms with Gasteiger partial charge >= 0.3 is 0 Å². The average Bonchev–Trinajstić information content (AvgIpc) is 3.22. The summed E-state index contributed by atoms with van der Waals surface area (Å²) >= 11 is 0. The monoisotopic (exact) mass is 493 g/mol. The van der Waals surface area contributed by atoms with Gasteiger partial charge in [-0.2, -0.15) is 0 Å². The highest BCUT2D eigenvalue weighted by Crippen LogP contribution is 2.40. The third-order valence-corrected chi connectivity index (χ3v) is 7.99. The number of primary amides is 1. The van der Waals surface area contributed by atoms with Crippen molar-refractivity contribution in [2.24, 2.45) is 11.1 Å². The number of amides is 1. The lowest BCUT2D eigenvalue weighted by Gasteiger charge is -2.41. The number of piperidine rings is 1. The number of aryl methyl sites for hydroxylation is 1. The molecule has 7 nitrogen and oxygen atoms in total. The van der Waals surface area contributed by atoms with Gasteiger partial charge in [-0.25, -0.2) is 4.98 Å². The van der Waals surface area contributed by atoms with Crippen molar-refractivity contribution in [3.63, 3.8) is 0 Å². The molecule has 3 heterocycles. The van der Waals surface area contributed by atoms with E-state index < -0.39 is 5.41 Å². The van der Waals surface area contributed by atoms with Gasteiger partial charge in [-0.3, -0.25) is 4.79 Å². The Balaban J connectivity index is 1.72. The summed E-state index contributed by atoms with van der Waals surface area (Å²) in [6, 6.07) is 6.64. The standard InChI is InChI=1S/C29H43N5O2/c1-6-29(27(30)36)12-7-14-34(18-29)26-24-22-9-8-21(16-23(22)33-25(24)19(2)17-31-26)20(11-15-35)10-13-32-28(3,4)5/h8-9,16-17,20,32-33,35H,6-7,10-15,18H2,1-5H3,(H2,30,36). The number of fused-ring (bicyclic) bond motifs is 3. The first-order valence-electron chi connectivity index (χ1n) is 13.4. The van der Waals surface area contributed by atoms with Crippen LogP contribution in [0.4, 0.5) is 5.82 Å². The molecule has 0 bridgehead atoms. The zero-order valence-electron chi connectivity index (χ0n) is 22.6. The van der Waals surface area contributed by atoms with Crippen molar-refractivity contribution in [1.82, 2.24) is 15.3 Å². The average molecular weight is 494 g/mol. The Morgan fingerprint density at radius 3 is 2.78 bits per heavy atom. The molecule has 2 unspecified atom stereocenters. The molecule has 1 aliphatic rings. The molecule has 0 aliphatic carbocycles. The van der Waals surface area contributed by atoms with Crippen LogP contribution in [0.1, 0.15) is 76.8 Å². The van der Waals surface area contributed by atoms with Gasteiger partial charge < -0.3 is 26.0 Å². The quantitative estimate of drug-likeness (QED) is 0.344. The fourth-order valence-electron chi connectivity index (χ4n) is 5.76. The van der Waals surface area contributed by atoms with Crippen LogP contribution >= 0.6 is 0 Å². The van der Waals surface area contributed by atoms with Crippen LogP contribution in [0, 0.1) is 12.3 Å². The highest BCUT2D eigenvalue weighted by Gasteiger charge is 2.40. The van der Waals surface area contributed by atoms with E-state index in [4.69, 9.17) is 10.7 Å². The number of pyridine rings is 1. The van der Waals surface area contributed by atoms with Gasteiger partial charge in [0.25, 0.3) is 0 Å². The number of nitrogens with one attached hydrogen (secondary N) is 2. The van der Waals surface area contributed by atoms with E-state index in [1.807, 2.05) is 6.20 Å². The minimum atomic E-state index is -0.505. The second-order valence-corrected chi connectivity index (χ2v) is 11.6. The Labute approximate surface area is 214 Å². The zero-order chi connectivity index (χ0) is 26.1. The van der Waals surface area contributed by atoms with Crippen molar-refractivity contribution in [2.75, 3.05) is 31.1 Å².